The summed E-state index contributed by atoms with van der Waals surface area (Å²) in [4.78, 5) is 10.0. The summed E-state index contributed by atoms with van der Waals surface area (Å²) in [6.07, 6.45) is 5.77. The molecule has 0 aliphatic carbocycles. The van der Waals surface area contributed by atoms with E-state index in [0.717, 1.165) is 49.1 Å². The SMILES string of the molecule is CN=C(NCCCn1cccn1)NCCc1sc(C)nc1C.I. The molecular weight excluding hydrogens is 423 g/mol. The Bertz CT molecular complexity index is 593. The summed E-state index contributed by atoms with van der Waals surface area (Å²) in [5.74, 6) is 0.847. The Balaban J connectivity index is 0.00000264. The predicted molar refractivity (Wildman–Crippen MR) is 107 cm³/mol. The average Bonchev–Trinajstić information content (AvgIpc) is 3.11. The number of thiazole rings is 1. The molecule has 0 aromatic carbocycles. The van der Waals surface area contributed by atoms with Gasteiger partial charge in [-0.15, -0.1) is 35.3 Å². The Kier molecular flexibility index (Phi) is 9.15. The minimum absolute atomic E-state index is 0. The zero-order chi connectivity index (χ0) is 15.8. The standard InChI is InChI=1S/C15H24N6S.HI/c1-12-14(22-13(2)20-12)6-9-18-15(16-3)17-7-4-10-21-11-5-8-19-21;/h5,8,11H,4,6-7,9-10H2,1-3H3,(H2,16,17,18);1H. The van der Waals surface area contributed by atoms with Gasteiger partial charge < -0.3 is 10.6 Å². The zero-order valence-electron chi connectivity index (χ0n) is 13.9. The van der Waals surface area contributed by atoms with Crippen LogP contribution in [0.1, 0.15) is 22.0 Å². The normalized spacial score (nSPS) is 11.2. The third-order valence-electron chi connectivity index (χ3n) is 3.28. The van der Waals surface area contributed by atoms with E-state index in [1.165, 1.54) is 4.88 Å². The van der Waals surface area contributed by atoms with Crippen LogP contribution in [0.4, 0.5) is 0 Å². The van der Waals surface area contributed by atoms with E-state index >= 15 is 0 Å². The third kappa shape index (κ3) is 6.86. The van der Waals surface area contributed by atoms with Gasteiger partial charge in [0.25, 0.3) is 0 Å². The lowest BCUT2D eigenvalue weighted by Crippen LogP contribution is -2.39. The van der Waals surface area contributed by atoms with Gasteiger partial charge >= 0.3 is 0 Å². The van der Waals surface area contributed by atoms with Gasteiger partial charge in [-0.1, -0.05) is 0 Å². The van der Waals surface area contributed by atoms with E-state index < -0.39 is 0 Å². The summed E-state index contributed by atoms with van der Waals surface area (Å²) in [6.45, 7) is 6.77. The Labute approximate surface area is 158 Å². The topological polar surface area (TPSA) is 67.1 Å². The van der Waals surface area contributed by atoms with Crippen LogP contribution in [0.15, 0.2) is 23.5 Å². The van der Waals surface area contributed by atoms with Crippen LogP contribution in [-0.4, -0.2) is 40.9 Å². The molecule has 23 heavy (non-hydrogen) atoms. The van der Waals surface area contributed by atoms with Crippen LogP contribution < -0.4 is 10.6 Å². The lowest BCUT2D eigenvalue weighted by molar-refractivity contribution is 0.570. The van der Waals surface area contributed by atoms with Crippen LogP contribution in [0.3, 0.4) is 0 Å². The quantitative estimate of drug-likeness (QED) is 0.296. The molecule has 0 unspecified atom stereocenters. The molecule has 0 radical (unpaired) electrons. The number of halogens is 1. The number of nitrogens with one attached hydrogen (secondary N) is 2. The molecule has 0 spiro atoms. The van der Waals surface area contributed by atoms with Crippen molar-refractivity contribution in [3.8, 4) is 0 Å². The Morgan fingerprint density at radius 3 is 2.70 bits per heavy atom. The molecule has 2 rings (SSSR count). The molecular formula is C15H25IN6S. The lowest BCUT2D eigenvalue weighted by Gasteiger charge is -2.11. The largest absolute Gasteiger partial charge is 0.356 e. The monoisotopic (exact) mass is 448 g/mol. The first kappa shape index (κ1) is 19.9. The summed E-state index contributed by atoms with van der Waals surface area (Å²) in [5, 5.41) is 12.0. The molecule has 2 aromatic rings. The third-order valence-corrected chi connectivity index (χ3v) is 4.42. The van der Waals surface area contributed by atoms with Crippen molar-refractivity contribution in [2.75, 3.05) is 20.1 Å². The van der Waals surface area contributed by atoms with E-state index in [9.17, 15) is 0 Å². The number of hydrogen-bond donors (Lipinski definition) is 2. The fourth-order valence-corrected chi connectivity index (χ4v) is 3.14. The first-order chi connectivity index (χ1) is 10.7. The number of guanidine groups is 1. The number of nitrogens with zero attached hydrogens (tertiary/aromatic N) is 4. The molecule has 8 heteroatoms. The van der Waals surface area contributed by atoms with Crippen molar-refractivity contribution in [2.45, 2.75) is 33.2 Å². The minimum Gasteiger partial charge on any atom is -0.356 e. The van der Waals surface area contributed by atoms with Gasteiger partial charge in [-0.05, 0) is 26.3 Å². The summed E-state index contributed by atoms with van der Waals surface area (Å²) < 4.78 is 1.94. The van der Waals surface area contributed by atoms with Gasteiger partial charge in [-0.25, -0.2) is 4.98 Å². The van der Waals surface area contributed by atoms with Crippen LogP contribution >= 0.6 is 35.3 Å². The number of aryl methyl sites for hydroxylation is 3. The highest BCUT2D eigenvalue weighted by Crippen LogP contribution is 2.16. The molecule has 0 amide bonds. The Morgan fingerprint density at radius 2 is 2.09 bits per heavy atom. The molecule has 0 aliphatic rings. The van der Waals surface area contributed by atoms with Crippen molar-refractivity contribution in [2.24, 2.45) is 4.99 Å². The van der Waals surface area contributed by atoms with Gasteiger partial charge in [0.05, 0.1) is 10.7 Å². The summed E-state index contributed by atoms with van der Waals surface area (Å²) in [7, 11) is 1.80. The Morgan fingerprint density at radius 1 is 1.30 bits per heavy atom. The second-order valence-electron chi connectivity index (χ2n) is 5.04. The molecule has 0 atom stereocenters. The van der Waals surface area contributed by atoms with Crippen LogP contribution in [0.25, 0.3) is 0 Å². The van der Waals surface area contributed by atoms with Crippen LogP contribution in [0.5, 0.6) is 0 Å². The van der Waals surface area contributed by atoms with E-state index in [1.807, 2.05) is 16.9 Å². The van der Waals surface area contributed by atoms with Gasteiger partial charge in [-0.2, -0.15) is 5.10 Å². The molecule has 0 saturated carbocycles. The second-order valence-corrected chi connectivity index (χ2v) is 6.33. The lowest BCUT2D eigenvalue weighted by atomic mass is 10.3. The van der Waals surface area contributed by atoms with Gasteiger partial charge in [-0.3, -0.25) is 9.67 Å². The first-order valence-electron chi connectivity index (χ1n) is 7.54. The molecule has 6 nitrogen and oxygen atoms in total. The molecule has 2 aromatic heterocycles. The predicted octanol–water partition coefficient (Wildman–Crippen LogP) is 2.37. The number of hydrogen-bond acceptors (Lipinski definition) is 4. The van der Waals surface area contributed by atoms with Gasteiger partial charge in [0.1, 0.15) is 0 Å². The summed E-state index contributed by atoms with van der Waals surface area (Å²) in [6, 6.07) is 1.94. The smallest absolute Gasteiger partial charge is 0.190 e. The van der Waals surface area contributed by atoms with Crippen molar-refractivity contribution < 1.29 is 0 Å². The average molecular weight is 448 g/mol. The van der Waals surface area contributed by atoms with Crippen molar-refractivity contribution in [1.29, 1.82) is 0 Å². The second kappa shape index (κ2) is 10.6. The van der Waals surface area contributed by atoms with Crippen molar-refractivity contribution >= 4 is 41.3 Å². The van der Waals surface area contributed by atoms with E-state index in [1.54, 1.807) is 24.6 Å². The van der Waals surface area contributed by atoms with Crippen LogP contribution in [0.2, 0.25) is 0 Å². The molecule has 2 N–H and O–H groups in total. The maximum atomic E-state index is 4.45. The van der Waals surface area contributed by atoms with Gasteiger partial charge in [0.2, 0.25) is 0 Å². The fraction of sp³-hybridized carbons (Fsp3) is 0.533. The number of aliphatic imine (C=N–C) groups is 1. The first-order valence-corrected chi connectivity index (χ1v) is 8.35. The maximum absolute atomic E-state index is 4.45. The fourth-order valence-electron chi connectivity index (χ4n) is 2.20. The zero-order valence-corrected chi connectivity index (χ0v) is 17.0. The van der Waals surface area contributed by atoms with Crippen LogP contribution in [-0.2, 0) is 13.0 Å². The van der Waals surface area contributed by atoms with Crippen LogP contribution in [0, 0.1) is 13.8 Å². The number of rotatable bonds is 7. The van der Waals surface area contributed by atoms with Crippen molar-refractivity contribution in [1.82, 2.24) is 25.4 Å². The minimum atomic E-state index is 0. The molecule has 0 saturated heterocycles. The highest BCUT2D eigenvalue weighted by molar-refractivity contribution is 14.0. The summed E-state index contributed by atoms with van der Waals surface area (Å²) >= 11 is 1.77. The number of aromatic nitrogens is 3. The van der Waals surface area contributed by atoms with Crippen molar-refractivity contribution in [3.05, 3.63) is 34.0 Å². The molecule has 128 valence electrons. The molecule has 2 heterocycles. The van der Waals surface area contributed by atoms with E-state index in [0.29, 0.717) is 0 Å². The summed E-state index contributed by atoms with van der Waals surface area (Å²) in [5.41, 5.74) is 1.14. The van der Waals surface area contributed by atoms with Gasteiger partial charge in [0, 0.05) is 50.4 Å². The van der Waals surface area contributed by atoms with Crippen molar-refractivity contribution in [3.63, 3.8) is 0 Å². The highest BCUT2D eigenvalue weighted by Gasteiger charge is 2.05. The van der Waals surface area contributed by atoms with E-state index in [4.69, 9.17) is 0 Å². The van der Waals surface area contributed by atoms with E-state index in [-0.39, 0.29) is 24.0 Å². The maximum Gasteiger partial charge on any atom is 0.190 e. The Hall–Kier alpha value is -1.16. The van der Waals surface area contributed by atoms with E-state index in [2.05, 4.69) is 39.6 Å². The highest BCUT2D eigenvalue weighted by atomic mass is 127. The molecule has 0 bridgehead atoms. The molecule has 0 fully saturated rings. The van der Waals surface area contributed by atoms with Gasteiger partial charge in [0.15, 0.2) is 5.96 Å². The molecule has 0 aliphatic heterocycles.